The predicted octanol–water partition coefficient (Wildman–Crippen LogP) is 4.19. The number of phenolic OH excluding ortho intramolecular Hbond substituents is 1. The van der Waals surface area contributed by atoms with Crippen LogP contribution in [0, 0.1) is 6.92 Å². The quantitative estimate of drug-likeness (QED) is 0.181. The average molecular weight is 579 g/mol. The van der Waals surface area contributed by atoms with Crippen molar-refractivity contribution in [3.8, 4) is 5.75 Å². The molecule has 0 amide bonds. The summed E-state index contributed by atoms with van der Waals surface area (Å²) in [7, 11) is -7.59. The van der Waals surface area contributed by atoms with E-state index in [1.54, 1.807) is 54.8 Å². The van der Waals surface area contributed by atoms with Gasteiger partial charge in [0.25, 0.3) is 10.1 Å². The van der Waals surface area contributed by atoms with E-state index < -0.39 is 25.6 Å². The van der Waals surface area contributed by atoms with Crippen molar-refractivity contribution in [1.82, 2.24) is 0 Å². The number of aromatic hydroxyl groups is 1. The van der Waals surface area contributed by atoms with Gasteiger partial charge in [-0.15, -0.1) is 30.5 Å². The SMILES string of the molecule is Cc1cc(S(=O)(=O)O)cc([N-]C=C(N=Nc2ccccc2[C-]=O)c2ccccc2)c1O.O=S(=O)=O.[Cu+2]. The normalized spacial score (nSPS) is 11.1. The topological polar surface area (TPSA) is 182 Å². The maximum atomic E-state index is 11.5. The average Bonchev–Trinajstić information content (AvgIpc) is 2.81. The van der Waals surface area contributed by atoms with E-state index in [1.165, 1.54) is 13.1 Å². The van der Waals surface area contributed by atoms with Crippen LogP contribution in [0.4, 0.5) is 11.4 Å². The standard InChI is InChI=1S/C22H17N3O5S.Cu.O3S/c1-15-11-18(31(28,29)30)12-20(22(15)27)23-13-21(16-7-3-2-4-8-16)25-24-19-10-6-5-9-17(19)14-26;;1-4(2)3/h2-13H,1H3,(H2-,23,24,25,26,27,28,29,30);;/q-2;+2;. The third-order valence-electron chi connectivity index (χ3n) is 4.23. The van der Waals surface area contributed by atoms with Crippen LogP contribution in [0.1, 0.15) is 16.7 Å². The van der Waals surface area contributed by atoms with E-state index >= 15 is 0 Å². The fraction of sp³-hybridized carbons (Fsp3) is 0.0455. The minimum absolute atomic E-state index is 0. The van der Waals surface area contributed by atoms with Crippen LogP contribution < -0.4 is 0 Å². The van der Waals surface area contributed by atoms with Gasteiger partial charge < -0.3 is 15.2 Å². The smallest absolute Gasteiger partial charge is 0.659 e. The van der Waals surface area contributed by atoms with Gasteiger partial charge in [-0.25, -0.2) is 5.11 Å². The number of carbonyl (C=O) groups excluding carboxylic acids is 1. The number of azo groups is 1. The van der Waals surface area contributed by atoms with Crippen molar-refractivity contribution in [1.29, 1.82) is 0 Å². The number of hydrogen-bond donors (Lipinski definition) is 2. The first-order chi connectivity index (χ1) is 16.5. The maximum Gasteiger partial charge on any atom is 2.00 e. The molecule has 191 valence electrons. The molecule has 1 radical (unpaired) electrons. The van der Waals surface area contributed by atoms with E-state index in [0.717, 1.165) is 12.1 Å². The first-order valence-corrected chi connectivity index (χ1v) is 11.9. The number of nitrogens with zero attached hydrogens (tertiary/aromatic N) is 3. The van der Waals surface area contributed by atoms with Crippen LogP contribution in [0.15, 0.2) is 88.1 Å². The second-order valence-corrected chi connectivity index (χ2v) is 8.45. The predicted molar refractivity (Wildman–Crippen MR) is 126 cm³/mol. The molecule has 0 unspecified atom stereocenters. The number of benzene rings is 3. The van der Waals surface area contributed by atoms with Crippen LogP contribution in [0.3, 0.4) is 0 Å². The fourth-order valence-corrected chi connectivity index (χ4v) is 3.21. The second kappa shape index (κ2) is 14.0. The van der Waals surface area contributed by atoms with Gasteiger partial charge in [0.15, 0.2) is 0 Å². The summed E-state index contributed by atoms with van der Waals surface area (Å²) in [4.78, 5) is 10.7. The van der Waals surface area contributed by atoms with E-state index in [-0.39, 0.29) is 45.3 Å². The van der Waals surface area contributed by atoms with Gasteiger partial charge in [-0.1, -0.05) is 54.2 Å². The van der Waals surface area contributed by atoms with Crippen LogP contribution in [0.25, 0.3) is 11.0 Å². The Labute approximate surface area is 218 Å². The van der Waals surface area contributed by atoms with Crippen LogP contribution in [0.5, 0.6) is 5.75 Å². The molecule has 2 N–H and O–H groups in total. The number of hydrogen-bond acceptors (Lipinski definition) is 9. The maximum absolute atomic E-state index is 11.5. The van der Waals surface area contributed by atoms with Crippen LogP contribution >= 0.6 is 0 Å². The summed E-state index contributed by atoms with van der Waals surface area (Å²) in [6, 6.07) is 17.6. The summed E-state index contributed by atoms with van der Waals surface area (Å²) >= 11 is 0. The summed E-state index contributed by atoms with van der Waals surface area (Å²) in [5.74, 6) is -0.242. The Kier molecular flexibility index (Phi) is 11.8. The molecule has 0 spiro atoms. The largest absolute Gasteiger partial charge is 2.00 e. The molecule has 0 atom stereocenters. The zero-order valence-corrected chi connectivity index (χ0v) is 20.8. The van der Waals surface area contributed by atoms with Crippen molar-refractivity contribution < 1.29 is 52.6 Å². The molecule has 3 aromatic carbocycles. The molecule has 0 saturated heterocycles. The second-order valence-electron chi connectivity index (χ2n) is 6.62. The zero-order chi connectivity index (χ0) is 26.0. The molecule has 3 rings (SSSR count). The van der Waals surface area contributed by atoms with Crippen molar-refractivity contribution in [3.05, 3.63) is 94.9 Å². The zero-order valence-electron chi connectivity index (χ0n) is 18.2. The molecule has 0 fully saturated rings. The Balaban J connectivity index is 0.00000120. The van der Waals surface area contributed by atoms with Gasteiger partial charge >= 0.3 is 27.7 Å². The molecule has 0 aromatic heterocycles. The van der Waals surface area contributed by atoms with Gasteiger partial charge in [0.2, 0.25) is 0 Å². The molecule has 0 saturated carbocycles. The van der Waals surface area contributed by atoms with Crippen molar-refractivity contribution in [2.75, 3.05) is 0 Å². The molecule has 0 aliphatic carbocycles. The van der Waals surface area contributed by atoms with E-state index in [9.17, 15) is 22.9 Å². The molecule has 0 aliphatic rings. The Morgan fingerprint density at radius 3 is 2.19 bits per heavy atom. The monoisotopic (exact) mass is 578 g/mol. The Morgan fingerprint density at radius 1 is 1.03 bits per heavy atom. The van der Waals surface area contributed by atoms with Gasteiger partial charge in [-0.3, -0.25) is 4.55 Å². The summed E-state index contributed by atoms with van der Waals surface area (Å²) < 4.78 is 57.6. The Bertz CT molecular complexity index is 1490. The van der Waals surface area contributed by atoms with Gasteiger partial charge in [0.1, 0.15) is 5.75 Å². The summed E-state index contributed by atoms with van der Waals surface area (Å²) in [6.07, 6.45) is 3.09. The summed E-state index contributed by atoms with van der Waals surface area (Å²) in [5, 5.41) is 22.7. The molecular formula is C22H17CuN3O8S2. The molecule has 0 heterocycles. The first kappa shape index (κ1) is 30.4. The van der Waals surface area contributed by atoms with Crippen molar-refractivity contribution in [2.45, 2.75) is 11.8 Å². The molecule has 11 nitrogen and oxygen atoms in total. The number of rotatable bonds is 7. The minimum Gasteiger partial charge on any atom is -0.659 e. The van der Waals surface area contributed by atoms with Crippen molar-refractivity contribution >= 4 is 44.1 Å². The van der Waals surface area contributed by atoms with Crippen LogP contribution in [-0.4, -0.2) is 37.0 Å². The molecule has 36 heavy (non-hydrogen) atoms. The van der Waals surface area contributed by atoms with Gasteiger partial charge in [-0.2, -0.15) is 19.6 Å². The van der Waals surface area contributed by atoms with Crippen LogP contribution in [-0.2, 0) is 42.6 Å². The summed E-state index contributed by atoms with van der Waals surface area (Å²) in [6.45, 7) is 1.48. The third-order valence-corrected chi connectivity index (χ3v) is 5.06. The number of phenols is 1. The summed E-state index contributed by atoms with van der Waals surface area (Å²) in [5.41, 5.74) is 1.63. The molecule has 0 bridgehead atoms. The third kappa shape index (κ3) is 9.17. The molecule has 0 aliphatic heterocycles. The fourth-order valence-electron chi connectivity index (χ4n) is 2.63. The molecule has 3 aromatic rings. The Hall–Kier alpha value is -3.68. The Morgan fingerprint density at radius 2 is 1.61 bits per heavy atom. The van der Waals surface area contributed by atoms with Crippen molar-refractivity contribution in [2.24, 2.45) is 10.2 Å². The van der Waals surface area contributed by atoms with Crippen LogP contribution in [0.2, 0.25) is 0 Å². The first-order valence-electron chi connectivity index (χ1n) is 9.46. The van der Waals surface area contributed by atoms with E-state index in [1.807, 2.05) is 6.07 Å². The molecular weight excluding hydrogens is 562 g/mol. The molecule has 14 heteroatoms. The van der Waals surface area contributed by atoms with E-state index in [0.29, 0.717) is 11.3 Å². The van der Waals surface area contributed by atoms with Gasteiger partial charge in [0, 0.05) is 5.56 Å². The van der Waals surface area contributed by atoms with Crippen molar-refractivity contribution in [3.63, 3.8) is 0 Å². The van der Waals surface area contributed by atoms with E-state index in [4.69, 9.17) is 12.6 Å². The van der Waals surface area contributed by atoms with E-state index in [2.05, 4.69) is 15.5 Å². The number of aryl methyl sites for hydroxylation is 1. The van der Waals surface area contributed by atoms with Gasteiger partial charge in [0.05, 0.1) is 16.9 Å². The van der Waals surface area contributed by atoms with Gasteiger partial charge in [-0.05, 0) is 24.2 Å². The minimum atomic E-state index is -4.48.